The van der Waals surface area contributed by atoms with Crippen molar-refractivity contribution in [1.29, 1.82) is 0 Å². The first-order valence-electron chi connectivity index (χ1n) is 4.43. The molecule has 1 aliphatic rings. The molecule has 4 heteroatoms. The molecular formula is C10H11BrFNO. The molecule has 0 amide bonds. The second-order valence-electron chi connectivity index (χ2n) is 3.88. The van der Waals surface area contributed by atoms with Gasteiger partial charge < -0.3 is 10.8 Å². The molecule has 2 rings (SSSR count). The average molecular weight is 260 g/mol. The minimum atomic E-state index is -0.552. The molecule has 0 aliphatic heterocycles. The summed E-state index contributed by atoms with van der Waals surface area (Å²) in [5.41, 5.74) is 6.20. The maximum Gasteiger partial charge on any atom is 0.124 e. The van der Waals surface area contributed by atoms with Gasteiger partial charge in [0, 0.05) is 10.0 Å². The Balaban J connectivity index is 2.32. The minimum Gasteiger partial charge on any atom is -0.393 e. The molecule has 14 heavy (non-hydrogen) atoms. The van der Waals surface area contributed by atoms with Crippen LogP contribution in [0.2, 0.25) is 0 Å². The van der Waals surface area contributed by atoms with Gasteiger partial charge in [-0.15, -0.1) is 0 Å². The summed E-state index contributed by atoms with van der Waals surface area (Å²) in [5.74, 6) is -0.305. The van der Waals surface area contributed by atoms with E-state index in [0.29, 0.717) is 17.3 Å². The van der Waals surface area contributed by atoms with E-state index in [4.69, 9.17) is 5.73 Å². The van der Waals surface area contributed by atoms with Crippen LogP contribution in [0.15, 0.2) is 22.7 Å². The Morgan fingerprint density at radius 1 is 1.43 bits per heavy atom. The van der Waals surface area contributed by atoms with Gasteiger partial charge in [-0.3, -0.25) is 0 Å². The predicted molar refractivity (Wildman–Crippen MR) is 55.2 cm³/mol. The van der Waals surface area contributed by atoms with Crippen LogP contribution < -0.4 is 5.73 Å². The summed E-state index contributed by atoms with van der Waals surface area (Å²) in [4.78, 5) is 0. The number of rotatable bonds is 1. The molecule has 0 saturated heterocycles. The Hall–Kier alpha value is -0.450. The van der Waals surface area contributed by atoms with Gasteiger partial charge in [0.15, 0.2) is 0 Å². The first-order chi connectivity index (χ1) is 6.49. The van der Waals surface area contributed by atoms with Crippen LogP contribution in [0.25, 0.3) is 0 Å². The topological polar surface area (TPSA) is 46.2 Å². The first kappa shape index (κ1) is 10.1. The molecule has 3 N–H and O–H groups in total. The Morgan fingerprint density at radius 2 is 2.07 bits per heavy atom. The monoisotopic (exact) mass is 259 g/mol. The second-order valence-corrected chi connectivity index (χ2v) is 4.79. The highest BCUT2D eigenvalue weighted by atomic mass is 79.9. The highest BCUT2D eigenvalue weighted by Crippen LogP contribution is 2.39. The summed E-state index contributed by atoms with van der Waals surface area (Å²) in [5, 5.41) is 9.20. The van der Waals surface area contributed by atoms with E-state index in [2.05, 4.69) is 15.9 Å². The largest absolute Gasteiger partial charge is 0.393 e. The lowest BCUT2D eigenvalue weighted by atomic mass is 9.71. The van der Waals surface area contributed by atoms with Crippen LogP contribution in [0.1, 0.15) is 18.4 Å². The van der Waals surface area contributed by atoms with Crippen molar-refractivity contribution in [1.82, 2.24) is 0 Å². The smallest absolute Gasteiger partial charge is 0.124 e. The summed E-state index contributed by atoms with van der Waals surface area (Å²) in [6, 6.07) is 4.62. The van der Waals surface area contributed by atoms with E-state index in [9.17, 15) is 9.50 Å². The molecule has 1 fully saturated rings. The van der Waals surface area contributed by atoms with Crippen molar-refractivity contribution in [2.75, 3.05) is 0 Å². The summed E-state index contributed by atoms with van der Waals surface area (Å²) >= 11 is 3.22. The fourth-order valence-electron chi connectivity index (χ4n) is 1.86. The van der Waals surface area contributed by atoms with E-state index < -0.39 is 5.54 Å². The standard InChI is InChI=1S/C10H11BrFNO/c11-7-1-6(2-8(12)3-7)10(13)4-9(14)5-10/h1-3,9,14H,4-5,13H2. The quantitative estimate of drug-likeness (QED) is 0.810. The van der Waals surface area contributed by atoms with Gasteiger partial charge in [-0.2, -0.15) is 0 Å². The number of hydrogen-bond donors (Lipinski definition) is 2. The molecule has 1 saturated carbocycles. The zero-order valence-corrected chi connectivity index (χ0v) is 9.09. The number of aliphatic hydroxyl groups excluding tert-OH is 1. The number of nitrogens with two attached hydrogens (primary N) is 1. The molecule has 0 bridgehead atoms. The van der Waals surface area contributed by atoms with Gasteiger partial charge in [0.05, 0.1) is 6.10 Å². The van der Waals surface area contributed by atoms with E-state index >= 15 is 0 Å². The lowest BCUT2D eigenvalue weighted by molar-refractivity contribution is 0.0208. The number of aliphatic hydroxyl groups is 1. The van der Waals surface area contributed by atoms with E-state index in [0.717, 1.165) is 5.56 Å². The van der Waals surface area contributed by atoms with Crippen LogP contribution >= 0.6 is 15.9 Å². The number of benzene rings is 1. The zero-order valence-electron chi connectivity index (χ0n) is 7.50. The fourth-order valence-corrected chi connectivity index (χ4v) is 2.32. The van der Waals surface area contributed by atoms with Gasteiger partial charge in [-0.05, 0) is 36.6 Å². The van der Waals surface area contributed by atoms with E-state index in [1.165, 1.54) is 12.1 Å². The minimum absolute atomic E-state index is 0.305. The lowest BCUT2D eigenvalue weighted by Crippen LogP contribution is -2.51. The molecule has 76 valence electrons. The van der Waals surface area contributed by atoms with Crippen LogP contribution in [-0.4, -0.2) is 11.2 Å². The highest BCUT2D eigenvalue weighted by molar-refractivity contribution is 9.10. The van der Waals surface area contributed by atoms with Crippen molar-refractivity contribution in [2.24, 2.45) is 5.73 Å². The Bertz CT molecular complexity index is 343. The van der Waals surface area contributed by atoms with Gasteiger partial charge in [0.25, 0.3) is 0 Å². The summed E-state index contributed by atoms with van der Waals surface area (Å²) in [7, 11) is 0. The molecule has 1 aromatic rings. The molecule has 0 heterocycles. The summed E-state index contributed by atoms with van der Waals surface area (Å²) < 4.78 is 13.7. The molecule has 0 aromatic heterocycles. The Kier molecular flexibility index (Phi) is 2.37. The lowest BCUT2D eigenvalue weighted by Gasteiger charge is -2.42. The zero-order chi connectivity index (χ0) is 10.3. The van der Waals surface area contributed by atoms with Gasteiger partial charge in [0.2, 0.25) is 0 Å². The summed E-state index contributed by atoms with van der Waals surface area (Å²) in [6.07, 6.45) is 0.660. The van der Waals surface area contributed by atoms with Crippen molar-refractivity contribution < 1.29 is 9.50 Å². The third kappa shape index (κ3) is 1.69. The van der Waals surface area contributed by atoms with Crippen molar-refractivity contribution in [3.63, 3.8) is 0 Å². The average Bonchev–Trinajstić information content (AvgIpc) is 1.99. The maximum absolute atomic E-state index is 13.1. The second kappa shape index (κ2) is 3.29. The molecule has 0 atom stereocenters. The van der Waals surface area contributed by atoms with Crippen LogP contribution in [0.4, 0.5) is 4.39 Å². The molecule has 2 nitrogen and oxygen atoms in total. The highest BCUT2D eigenvalue weighted by Gasteiger charge is 2.41. The predicted octanol–water partition coefficient (Wildman–Crippen LogP) is 1.90. The maximum atomic E-state index is 13.1. The van der Waals surface area contributed by atoms with Crippen molar-refractivity contribution in [2.45, 2.75) is 24.5 Å². The van der Waals surface area contributed by atoms with Crippen molar-refractivity contribution in [3.8, 4) is 0 Å². The van der Waals surface area contributed by atoms with Crippen LogP contribution in [0, 0.1) is 5.82 Å². The molecule has 1 aliphatic carbocycles. The van der Waals surface area contributed by atoms with Crippen molar-refractivity contribution in [3.05, 3.63) is 34.1 Å². The third-order valence-electron chi connectivity index (χ3n) is 2.64. The molecular weight excluding hydrogens is 249 g/mol. The van der Waals surface area contributed by atoms with Crippen LogP contribution in [0.3, 0.4) is 0 Å². The van der Waals surface area contributed by atoms with Crippen LogP contribution in [-0.2, 0) is 5.54 Å². The molecule has 0 radical (unpaired) electrons. The first-order valence-corrected chi connectivity index (χ1v) is 5.22. The van der Waals surface area contributed by atoms with Crippen LogP contribution in [0.5, 0.6) is 0 Å². The molecule has 0 spiro atoms. The molecule has 1 aromatic carbocycles. The molecule has 0 unspecified atom stereocenters. The van der Waals surface area contributed by atoms with Gasteiger partial charge in [0.1, 0.15) is 5.82 Å². The Labute approximate surface area is 90.1 Å². The van der Waals surface area contributed by atoms with E-state index in [-0.39, 0.29) is 11.9 Å². The normalized spacial score (nSPS) is 31.3. The van der Waals surface area contributed by atoms with Gasteiger partial charge >= 0.3 is 0 Å². The van der Waals surface area contributed by atoms with E-state index in [1.54, 1.807) is 6.07 Å². The summed E-state index contributed by atoms with van der Waals surface area (Å²) in [6.45, 7) is 0. The third-order valence-corrected chi connectivity index (χ3v) is 3.10. The SMILES string of the molecule is NC1(c2cc(F)cc(Br)c2)CC(O)C1. The van der Waals surface area contributed by atoms with Gasteiger partial charge in [-0.1, -0.05) is 15.9 Å². The van der Waals surface area contributed by atoms with E-state index in [1.807, 2.05) is 0 Å². The number of hydrogen-bond acceptors (Lipinski definition) is 2. The Morgan fingerprint density at radius 3 is 2.57 bits per heavy atom. The van der Waals surface area contributed by atoms with Gasteiger partial charge in [-0.25, -0.2) is 4.39 Å². The number of halogens is 2. The van der Waals surface area contributed by atoms with Crippen molar-refractivity contribution >= 4 is 15.9 Å². The fraction of sp³-hybridized carbons (Fsp3) is 0.400.